The van der Waals surface area contributed by atoms with E-state index in [1.165, 1.54) is 12.2 Å². The summed E-state index contributed by atoms with van der Waals surface area (Å²) in [5.41, 5.74) is 3.81. The Morgan fingerprint density at radius 2 is 1.87 bits per heavy atom. The van der Waals surface area contributed by atoms with E-state index in [9.17, 15) is 9.59 Å². The minimum atomic E-state index is -0.613. The number of aryl methyl sites for hydroxylation is 1. The molecule has 2 heterocycles. The standard InChI is InChI=1S/C23H20N4O3/c1-16-23(19-9-5-6-10-20(19)24-16)21(28)15-30-22(29)12-11-18-14-27(26-25-18)13-17-7-3-2-4-8-17/h2-12,14,24H,13,15H2,1H3/b12-11+. The largest absolute Gasteiger partial charge is 0.454 e. The maximum atomic E-state index is 12.5. The highest BCUT2D eigenvalue weighted by atomic mass is 16.5. The normalized spacial score (nSPS) is 11.2. The van der Waals surface area contributed by atoms with Crippen molar-refractivity contribution in [2.24, 2.45) is 0 Å². The lowest BCUT2D eigenvalue weighted by molar-refractivity contribution is -0.136. The van der Waals surface area contributed by atoms with E-state index in [1.807, 2.05) is 61.5 Å². The molecule has 0 fully saturated rings. The van der Waals surface area contributed by atoms with Gasteiger partial charge in [0.25, 0.3) is 0 Å². The lowest BCUT2D eigenvalue weighted by atomic mass is 10.1. The molecule has 7 heteroatoms. The second-order valence-electron chi connectivity index (χ2n) is 6.86. The van der Waals surface area contributed by atoms with Crippen LogP contribution in [0, 0.1) is 6.92 Å². The summed E-state index contributed by atoms with van der Waals surface area (Å²) in [7, 11) is 0. The third kappa shape index (κ3) is 4.35. The number of nitrogens with zero attached hydrogens (tertiary/aromatic N) is 3. The summed E-state index contributed by atoms with van der Waals surface area (Å²) >= 11 is 0. The van der Waals surface area contributed by atoms with Crippen molar-refractivity contribution in [1.29, 1.82) is 0 Å². The van der Waals surface area contributed by atoms with Gasteiger partial charge in [0.2, 0.25) is 5.78 Å². The highest BCUT2D eigenvalue weighted by Crippen LogP contribution is 2.22. The first-order chi connectivity index (χ1) is 14.6. The van der Waals surface area contributed by atoms with Gasteiger partial charge in [0.15, 0.2) is 6.61 Å². The van der Waals surface area contributed by atoms with Gasteiger partial charge in [0.1, 0.15) is 5.69 Å². The molecule has 4 rings (SSSR count). The number of benzene rings is 2. The molecule has 7 nitrogen and oxygen atoms in total. The number of ether oxygens (including phenoxy) is 1. The molecular formula is C23H20N4O3. The van der Waals surface area contributed by atoms with Crippen LogP contribution in [-0.4, -0.2) is 38.3 Å². The number of rotatable bonds is 7. The Labute approximate surface area is 173 Å². The van der Waals surface area contributed by atoms with E-state index in [-0.39, 0.29) is 12.4 Å². The average molecular weight is 400 g/mol. The van der Waals surface area contributed by atoms with E-state index in [0.717, 1.165) is 22.2 Å². The average Bonchev–Trinajstić information content (AvgIpc) is 3.34. The predicted octanol–water partition coefficient (Wildman–Crippen LogP) is 3.56. The molecule has 150 valence electrons. The van der Waals surface area contributed by atoms with Crippen LogP contribution in [0.3, 0.4) is 0 Å². The molecule has 2 aromatic carbocycles. The number of aromatic amines is 1. The number of H-pyrrole nitrogens is 1. The molecule has 0 aliphatic rings. The van der Waals surface area contributed by atoms with Crippen LogP contribution < -0.4 is 0 Å². The third-order valence-corrected chi connectivity index (χ3v) is 4.65. The number of hydrogen-bond donors (Lipinski definition) is 1. The number of para-hydroxylation sites is 1. The minimum Gasteiger partial charge on any atom is -0.454 e. The molecule has 30 heavy (non-hydrogen) atoms. The Morgan fingerprint density at radius 1 is 1.10 bits per heavy atom. The van der Waals surface area contributed by atoms with Crippen LogP contribution in [0.2, 0.25) is 0 Å². The van der Waals surface area contributed by atoms with Gasteiger partial charge >= 0.3 is 5.97 Å². The summed E-state index contributed by atoms with van der Waals surface area (Å²) in [6.07, 6.45) is 4.49. The van der Waals surface area contributed by atoms with Crippen molar-refractivity contribution >= 4 is 28.7 Å². The zero-order valence-corrected chi connectivity index (χ0v) is 16.4. The first-order valence-corrected chi connectivity index (χ1v) is 9.49. The van der Waals surface area contributed by atoms with Crippen molar-refractivity contribution < 1.29 is 14.3 Å². The Morgan fingerprint density at radius 3 is 2.70 bits per heavy atom. The highest BCUT2D eigenvalue weighted by molar-refractivity contribution is 6.10. The number of carbonyl (C=O) groups is 2. The number of Topliss-reactive ketones (excluding diaryl/α,β-unsaturated/α-hetero) is 1. The van der Waals surface area contributed by atoms with Crippen LogP contribution in [0.5, 0.6) is 0 Å². The van der Waals surface area contributed by atoms with Crippen molar-refractivity contribution in [3.63, 3.8) is 0 Å². The molecule has 1 N–H and O–H groups in total. The van der Waals surface area contributed by atoms with E-state index in [1.54, 1.807) is 10.9 Å². The van der Waals surface area contributed by atoms with Gasteiger partial charge in [0, 0.05) is 28.2 Å². The van der Waals surface area contributed by atoms with E-state index in [2.05, 4.69) is 15.3 Å². The van der Waals surface area contributed by atoms with Gasteiger partial charge < -0.3 is 9.72 Å². The minimum absolute atomic E-state index is 0.250. The van der Waals surface area contributed by atoms with Crippen molar-refractivity contribution in [2.75, 3.05) is 6.61 Å². The maximum Gasteiger partial charge on any atom is 0.331 e. The number of hydrogen-bond acceptors (Lipinski definition) is 5. The smallest absolute Gasteiger partial charge is 0.331 e. The second-order valence-corrected chi connectivity index (χ2v) is 6.86. The molecule has 0 saturated carbocycles. The molecule has 0 bridgehead atoms. The van der Waals surface area contributed by atoms with Gasteiger partial charge in [0.05, 0.1) is 12.7 Å². The summed E-state index contributed by atoms with van der Waals surface area (Å²) in [5, 5.41) is 8.88. The fraction of sp³-hybridized carbons (Fsp3) is 0.130. The second kappa shape index (κ2) is 8.57. The summed E-state index contributed by atoms with van der Waals surface area (Å²) < 4.78 is 6.80. The predicted molar refractivity (Wildman–Crippen MR) is 113 cm³/mol. The zero-order valence-electron chi connectivity index (χ0n) is 16.4. The lowest BCUT2D eigenvalue weighted by Crippen LogP contribution is -2.13. The molecule has 0 saturated heterocycles. The summed E-state index contributed by atoms with van der Waals surface area (Å²) in [5.74, 6) is -0.862. The molecular weight excluding hydrogens is 380 g/mol. The number of aromatic nitrogens is 4. The van der Waals surface area contributed by atoms with Crippen LogP contribution in [-0.2, 0) is 16.1 Å². The molecule has 0 atom stereocenters. The number of ketones is 1. The van der Waals surface area contributed by atoms with Crippen molar-refractivity contribution in [3.8, 4) is 0 Å². The topological polar surface area (TPSA) is 89.9 Å². The Bertz CT molecular complexity index is 1220. The van der Waals surface area contributed by atoms with Gasteiger partial charge in [-0.05, 0) is 24.6 Å². The number of carbonyl (C=O) groups excluding carboxylic acids is 2. The third-order valence-electron chi connectivity index (χ3n) is 4.65. The van der Waals surface area contributed by atoms with Gasteiger partial charge in [-0.15, -0.1) is 5.10 Å². The first-order valence-electron chi connectivity index (χ1n) is 9.49. The molecule has 4 aromatic rings. The lowest BCUT2D eigenvalue weighted by Gasteiger charge is -2.02. The summed E-state index contributed by atoms with van der Waals surface area (Å²) in [6.45, 7) is 2.09. The zero-order chi connectivity index (χ0) is 20.9. The molecule has 0 radical (unpaired) electrons. The van der Waals surface area contributed by atoms with Gasteiger partial charge in [-0.1, -0.05) is 53.7 Å². The quantitative estimate of drug-likeness (QED) is 0.291. The monoisotopic (exact) mass is 400 g/mol. The fourth-order valence-corrected chi connectivity index (χ4v) is 3.28. The SMILES string of the molecule is Cc1[nH]c2ccccc2c1C(=O)COC(=O)/C=C/c1cn(Cc2ccccc2)nn1. The van der Waals surface area contributed by atoms with Crippen LogP contribution in [0.4, 0.5) is 0 Å². The van der Waals surface area contributed by atoms with Gasteiger partial charge in [-0.25, -0.2) is 9.48 Å². The van der Waals surface area contributed by atoms with Gasteiger partial charge in [-0.3, -0.25) is 4.79 Å². The Hall–Kier alpha value is -4.00. The number of fused-ring (bicyclic) bond motifs is 1. The molecule has 0 unspecified atom stereocenters. The first kappa shape index (κ1) is 19.3. The van der Waals surface area contributed by atoms with Crippen molar-refractivity contribution in [2.45, 2.75) is 13.5 Å². The number of esters is 1. The van der Waals surface area contributed by atoms with E-state index in [4.69, 9.17) is 4.74 Å². The molecule has 0 aliphatic carbocycles. The van der Waals surface area contributed by atoms with Crippen molar-refractivity contribution in [3.05, 3.63) is 89.4 Å². The van der Waals surface area contributed by atoms with E-state index in [0.29, 0.717) is 17.8 Å². The number of nitrogens with one attached hydrogen (secondary N) is 1. The van der Waals surface area contributed by atoms with Crippen molar-refractivity contribution in [1.82, 2.24) is 20.0 Å². The molecule has 0 amide bonds. The van der Waals surface area contributed by atoms with E-state index >= 15 is 0 Å². The Balaban J connectivity index is 1.34. The molecule has 0 aliphatic heterocycles. The Kier molecular flexibility index (Phi) is 5.52. The van der Waals surface area contributed by atoms with Crippen LogP contribution in [0.15, 0.2) is 66.9 Å². The molecule has 0 spiro atoms. The fourth-order valence-electron chi connectivity index (χ4n) is 3.28. The van der Waals surface area contributed by atoms with Crippen LogP contribution in [0.1, 0.15) is 27.3 Å². The van der Waals surface area contributed by atoms with E-state index < -0.39 is 5.97 Å². The van der Waals surface area contributed by atoms with Gasteiger partial charge in [-0.2, -0.15) is 0 Å². The molecule has 2 aromatic heterocycles. The highest BCUT2D eigenvalue weighted by Gasteiger charge is 2.17. The summed E-state index contributed by atoms with van der Waals surface area (Å²) in [6, 6.07) is 17.4. The maximum absolute atomic E-state index is 12.5. The summed E-state index contributed by atoms with van der Waals surface area (Å²) in [4.78, 5) is 27.7. The van der Waals surface area contributed by atoms with Crippen LogP contribution in [0.25, 0.3) is 17.0 Å². The van der Waals surface area contributed by atoms with Crippen LogP contribution >= 0.6 is 0 Å².